The van der Waals surface area contributed by atoms with Gasteiger partial charge >= 0.3 is 12.1 Å². The minimum atomic E-state index is -0.942. The van der Waals surface area contributed by atoms with Gasteiger partial charge in [0, 0.05) is 6.20 Å². The number of nitrogens with one attached hydrogen (secondary N) is 2. The van der Waals surface area contributed by atoms with E-state index in [1.165, 1.54) is 12.3 Å². The van der Waals surface area contributed by atoms with Crippen LogP contribution < -0.4 is 10.6 Å². The highest BCUT2D eigenvalue weighted by atomic mass is 32.1. The number of nitrogens with zero attached hydrogens (tertiary/aromatic N) is 2. The monoisotopic (exact) mass is 448 g/mol. The number of alkyl carbamates (subject to hydrolysis) is 1. The molecule has 2 N–H and O–H groups in total. The molecule has 0 atom stereocenters. The molecule has 3 amide bonds. The van der Waals surface area contributed by atoms with Crippen LogP contribution in [0.4, 0.5) is 9.80 Å². The fraction of sp³-hybridized carbons (Fsp3) is 0.222. The van der Waals surface area contributed by atoms with Crippen LogP contribution in [-0.4, -0.2) is 47.1 Å². The number of carbonyl (C=O) groups is 4. The van der Waals surface area contributed by atoms with Crippen LogP contribution in [0.15, 0.2) is 24.5 Å². The van der Waals surface area contributed by atoms with E-state index in [2.05, 4.69) is 15.3 Å². The number of amides is 3. The van der Waals surface area contributed by atoms with Gasteiger partial charge in [-0.05, 0) is 26.0 Å². The average Bonchev–Trinajstić information content (AvgIpc) is 3.32. The highest BCUT2D eigenvalue weighted by Crippen LogP contribution is 2.30. The molecule has 0 aliphatic rings. The third kappa shape index (κ3) is 4.78. The lowest BCUT2D eigenvalue weighted by Gasteiger charge is -2.05. The predicted molar refractivity (Wildman–Crippen MR) is 110 cm³/mol. The van der Waals surface area contributed by atoms with Gasteiger partial charge in [0.1, 0.15) is 15.4 Å². The van der Waals surface area contributed by atoms with Crippen molar-refractivity contribution in [2.24, 2.45) is 0 Å². The molecule has 0 spiro atoms. The number of aromatic nitrogens is 2. The Bertz CT molecular complexity index is 1090. The normalized spacial score (nSPS) is 10.5. The Hall–Kier alpha value is -3.38. The minimum absolute atomic E-state index is 0.0715. The van der Waals surface area contributed by atoms with Crippen LogP contribution in [0.5, 0.6) is 0 Å². The lowest BCUT2D eigenvalue weighted by Crippen LogP contribution is -2.31. The number of ether oxygens (including phenoxy) is 2. The summed E-state index contributed by atoms with van der Waals surface area (Å²) in [6, 6.07) is 2.97. The molecule has 3 rings (SSSR count). The van der Waals surface area contributed by atoms with Crippen molar-refractivity contribution in [3.63, 3.8) is 0 Å². The average molecular weight is 448 g/mol. The Balaban J connectivity index is 1.88. The van der Waals surface area contributed by atoms with Crippen molar-refractivity contribution in [1.82, 2.24) is 15.3 Å². The van der Waals surface area contributed by atoms with Crippen LogP contribution in [0, 0.1) is 0 Å². The molecular formula is C18H16N4O6S2. The number of esters is 1. The number of hydrogen-bond acceptors (Lipinski definition) is 10. The molecule has 30 heavy (non-hydrogen) atoms. The highest BCUT2D eigenvalue weighted by Gasteiger charge is 2.24. The van der Waals surface area contributed by atoms with Crippen LogP contribution in [0.2, 0.25) is 0 Å². The van der Waals surface area contributed by atoms with Gasteiger partial charge in [-0.1, -0.05) is 0 Å². The lowest BCUT2D eigenvalue weighted by atomic mass is 10.2. The van der Waals surface area contributed by atoms with E-state index in [1.807, 2.05) is 5.32 Å². The third-order valence-electron chi connectivity index (χ3n) is 3.56. The molecular weight excluding hydrogens is 432 g/mol. The van der Waals surface area contributed by atoms with E-state index in [1.54, 1.807) is 26.1 Å². The molecule has 10 nitrogen and oxygen atoms in total. The Labute approximate surface area is 178 Å². The number of thiophene rings is 1. The topological polar surface area (TPSA) is 137 Å². The predicted octanol–water partition coefficient (Wildman–Crippen LogP) is 3.07. The first-order valence-corrected chi connectivity index (χ1v) is 10.4. The summed E-state index contributed by atoms with van der Waals surface area (Å²) in [5, 5.41) is 4.84. The van der Waals surface area contributed by atoms with Crippen LogP contribution >= 0.6 is 22.7 Å². The summed E-state index contributed by atoms with van der Waals surface area (Å²) in [7, 11) is 0. The number of hydrogen-bond donors (Lipinski definition) is 2. The zero-order valence-electron chi connectivity index (χ0n) is 15.9. The Morgan fingerprint density at radius 3 is 2.53 bits per heavy atom. The summed E-state index contributed by atoms with van der Waals surface area (Å²) in [5.41, 5.74) is 0.485. The van der Waals surface area contributed by atoms with Crippen LogP contribution in [0.1, 0.15) is 43.7 Å². The molecule has 0 bridgehead atoms. The SMILES string of the molecule is CCOC(=O)NC(=O)c1cc(C(=O)OCC)sc1NC(=O)c1nc2cnccc2s1. The van der Waals surface area contributed by atoms with Gasteiger partial charge in [0.15, 0.2) is 5.01 Å². The molecule has 12 heteroatoms. The maximum Gasteiger partial charge on any atom is 0.414 e. The number of anilines is 1. The maximum atomic E-state index is 12.7. The molecule has 0 radical (unpaired) electrons. The van der Waals surface area contributed by atoms with E-state index >= 15 is 0 Å². The van der Waals surface area contributed by atoms with E-state index in [0.29, 0.717) is 5.52 Å². The van der Waals surface area contributed by atoms with Gasteiger partial charge in [-0.25, -0.2) is 14.6 Å². The molecule has 0 aromatic carbocycles. The highest BCUT2D eigenvalue weighted by molar-refractivity contribution is 7.21. The molecule has 0 saturated carbocycles. The second kappa shape index (κ2) is 9.41. The van der Waals surface area contributed by atoms with Crippen molar-refractivity contribution in [2.45, 2.75) is 13.8 Å². The van der Waals surface area contributed by atoms with Gasteiger partial charge in [0.25, 0.3) is 11.8 Å². The Morgan fingerprint density at radius 2 is 1.83 bits per heavy atom. The Morgan fingerprint density at radius 1 is 1.07 bits per heavy atom. The van der Waals surface area contributed by atoms with E-state index in [-0.39, 0.29) is 33.7 Å². The van der Waals surface area contributed by atoms with Crippen LogP contribution in [0.3, 0.4) is 0 Å². The number of imide groups is 1. The third-order valence-corrected chi connectivity index (χ3v) is 5.62. The molecule has 3 aromatic heterocycles. The zero-order chi connectivity index (χ0) is 21.7. The van der Waals surface area contributed by atoms with Crippen molar-refractivity contribution < 1.29 is 28.7 Å². The van der Waals surface area contributed by atoms with Crippen molar-refractivity contribution in [3.8, 4) is 0 Å². The second-order valence-electron chi connectivity index (χ2n) is 5.57. The van der Waals surface area contributed by atoms with Crippen LogP contribution in [-0.2, 0) is 9.47 Å². The largest absolute Gasteiger partial charge is 0.462 e. The number of carbonyl (C=O) groups excluding carboxylic acids is 4. The standard InChI is InChI=1S/C18H16N4O6S2/c1-3-27-17(25)12-7-9(13(23)22-18(26)28-4-2)15(30-12)21-14(24)16-20-10-8-19-6-5-11(10)29-16/h5-8H,3-4H2,1-2H3,(H,21,24)(H,22,23,26). The smallest absolute Gasteiger partial charge is 0.414 e. The molecule has 0 saturated heterocycles. The fourth-order valence-corrected chi connectivity index (χ4v) is 4.09. The summed E-state index contributed by atoms with van der Waals surface area (Å²) >= 11 is 2.00. The first kappa shape index (κ1) is 21.3. The summed E-state index contributed by atoms with van der Waals surface area (Å²) in [4.78, 5) is 57.0. The molecule has 3 aromatic rings. The number of rotatable bonds is 6. The molecule has 0 aliphatic carbocycles. The molecule has 0 aliphatic heterocycles. The summed E-state index contributed by atoms with van der Waals surface area (Å²) < 4.78 is 10.4. The number of pyridine rings is 1. The molecule has 156 valence electrons. The van der Waals surface area contributed by atoms with E-state index in [4.69, 9.17) is 9.47 Å². The summed E-state index contributed by atoms with van der Waals surface area (Å²) in [6.07, 6.45) is 2.18. The van der Waals surface area contributed by atoms with Crippen molar-refractivity contribution in [3.05, 3.63) is 40.0 Å². The van der Waals surface area contributed by atoms with Gasteiger partial charge in [0.2, 0.25) is 0 Å². The molecule has 3 heterocycles. The van der Waals surface area contributed by atoms with Crippen molar-refractivity contribution in [2.75, 3.05) is 18.5 Å². The van der Waals surface area contributed by atoms with Crippen LogP contribution in [0.25, 0.3) is 10.2 Å². The molecule has 0 unspecified atom stereocenters. The first-order chi connectivity index (χ1) is 14.4. The quantitative estimate of drug-likeness (QED) is 0.549. The van der Waals surface area contributed by atoms with E-state index in [0.717, 1.165) is 27.4 Å². The lowest BCUT2D eigenvalue weighted by molar-refractivity contribution is 0.0532. The van der Waals surface area contributed by atoms with Crippen molar-refractivity contribution in [1.29, 1.82) is 0 Å². The number of fused-ring (bicyclic) bond motifs is 1. The first-order valence-electron chi connectivity index (χ1n) is 8.73. The van der Waals surface area contributed by atoms with E-state index in [9.17, 15) is 19.2 Å². The molecule has 0 fully saturated rings. The van der Waals surface area contributed by atoms with E-state index < -0.39 is 23.9 Å². The Kier molecular flexibility index (Phi) is 6.69. The second-order valence-corrected chi connectivity index (χ2v) is 7.65. The van der Waals surface area contributed by atoms with Gasteiger partial charge in [-0.15, -0.1) is 22.7 Å². The van der Waals surface area contributed by atoms with Crippen molar-refractivity contribution >= 4 is 61.8 Å². The number of thiazole rings is 1. The summed E-state index contributed by atoms with van der Waals surface area (Å²) in [5.74, 6) is -2.05. The van der Waals surface area contributed by atoms with Gasteiger partial charge in [-0.2, -0.15) is 0 Å². The van der Waals surface area contributed by atoms with Gasteiger partial charge in [-0.3, -0.25) is 19.9 Å². The van der Waals surface area contributed by atoms with Gasteiger partial charge in [0.05, 0.1) is 29.7 Å². The minimum Gasteiger partial charge on any atom is -0.462 e. The summed E-state index contributed by atoms with van der Waals surface area (Å²) in [6.45, 7) is 3.45. The maximum absolute atomic E-state index is 12.7. The fourth-order valence-electron chi connectivity index (χ4n) is 2.32. The zero-order valence-corrected chi connectivity index (χ0v) is 17.5. The van der Waals surface area contributed by atoms with Gasteiger partial charge < -0.3 is 14.8 Å².